The number of alkyl halides is 1. The molecule has 0 rings (SSSR count). The summed E-state index contributed by atoms with van der Waals surface area (Å²) in [5.74, 6) is -2.76. The number of amides is 1. The zero-order valence-electron chi connectivity index (χ0n) is 12.0. The van der Waals surface area contributed by atoms with Crippen LogP contribution in [0.4, 0.5) is 9.18 Å². The normalized spacial score (nSPS) is 16.9. The van der Waals surface area contributed by atoms with Crippen molar-refractivity contribution in [2.45, 2.75) is 39.4 Å². The van der Waals surface area contributed by atoms with Crippen LogP contribution in [0.15, 0.2) is 0 Å². The number of rotatable bonds is 7. The van der Waals surface area contributed by atoms with Gasteiger partial charge in [-0.1, -0.05) is 13.8 Å². The molecule has 0 aromatic carbocycles. The summed E-state index contributed by atoms with van der Waals surface area (Å²) in [6.07, 6.45) is -2.27. The van der Waals surface area contributed by atoms with Gasteiger partial charge in [0.1, 0.15) is 0 Å². The second-order valence-corrected chi connectivity index (χ2v) is 7.10. The number of halogens is 1. The number of nitrogens with one attached hydrogen (secondary N) is 1. The van der Waals surface area contributed by atoms with Crippen molar-refractivity contribution in [1.29, 1.82) is 0 Å². The van der Waals surface area contributed by atoms with Crippen LogP contribution >= 0.6 is 7.37 Å². The van der Waals surface area contributed by atoms with E-state index < -0.39 is 31.6 Å². The van der Waals surface area contributed by atoms with Crippen molar-refractivity contribution < 1.29 is 32.9 Å². The summed E-state index contributed by atoms with van der Waals surface area (Å²) < 4.78 is 33.5. The summed E-state index contributed by atoms with van der Waals surface area (Å²) in [6, 6.07) is 0. The molecule has 3 unspecified atom stereocenters. The van der Waals surface area contributed by atoms with Crippen LogP contribution in [0, 0.1) is 5.92 Å². The Kier molecular flexibility index (Phi) is 7.75. The van der Waals surface area contributed by atoms with E-state index in [4.69, 9.17) is 14.4 Å². The fourth-order valence-electron chi connectivity index (χ4n) is 1.05. The van der Waals surface area contributed by atoms with Gasteiger partial charge in [-0.15, -0.1) is 0 Å². The molecule has 0 saturated heterocycles. The van der Waals surface area contributed by atoms with E-state index in [2.05, 4.69) is 5.32 Å². The minimum Gasteiger partial charge on any atom is -0.425 e. The largest absolute Gasteiger partial charge is 0.425 e. The van der Waals surface area contributed by atoms with Gasteiger partial charge in [0.05, 0.1) is 5.92 Å². The van der Waals surface area contributed by atoms with Gasteiger partial charge in [0.15, 0.2) is 5.91 Å². The molecule has 0 aromatic rings. The molecule has 0 spiro atoms. The Hall–Kier alpha value is -1.14. The van der Waals surface area contributed by atoms with Crippen molar-refractivity contribution in [1.82, 2.24) is 5.32 Å². The van der Waals surface area contributed by atoms with E-state index in [1.165, 1.54) is 6.92 Å². The molecule has 0 heterocycles. The maximum atomic E-state index is 13.1. The SMILES string of the molecule is CC(OC(=O)NCCC(F)P(C)(=O)O)OC(=O)C(C)C. The van der Waals surface area contributed by atoms with Crippen LogP contribution < -0.4 is 5.32 Å². The van der Waals surface area contributed by atoms with Gasteiger partial charge in [0, 0.05) is 26.6 Å². The predicted octanol–water partition coefficient (Wildman–Crippen LogP) is 1.84. The van der Waals surface area contributed by atoms with Gasteiger partial charge in [-0.05, 0) is 0 Å². The topological polar surface area (TPSA) is 102 Å². The smallest absolute Gasteiger partial charge is 0.410 e. The molecule has 2 N–H and O–H groups in total. The van der Waals surface area contributed by atoms with E-state index in [0.29, 0.717) is 0 Å². The van der Waals surface area contributed by atoms with Crippen LogP contribution in [0.1, 0.15) is 27.2 Å². The number of hydrogen-bond acceptors (Lipinski definition) is 5. The Morgan fingerprint density at radius 1 is 1.30 bits per heavy atom. The predicted molar refractivity (Wildman–Crippen MR) is 70.1 cm³/mol. The highest BCUT2D eigenvalue weighted by Crippen LogP contribution is 2.43. The number of ether oxygens (including phenoxy) is 2. The van der Waals surface area contributed by atoms with Crippen molar-refractivity contribution in [2.75, 3.05) is 13.2 Å². The minimum absolute atomic E-state index is 0.163. The van der Waals surface area contributed by atoms with Crippen LogP contribution in [0.25, 0.3) is 0 Å². The third-order valence-corrected chi connectivity index (χ3v) is 3.50. The fourth-order valence-corrected chi connectivity index (χ4v) is 1.66. The first-order chi connectivity index (χ1) is 9.04. The van der Waals surface area contributed by atoms with Crippen LogP contribution in [-0.4, -0.2) is 42.4 Å². The summed E-state index contributed by atoms with van der Waals surface area (Å²) in [4.78, 5) is 31.4. The molecule has 20 heavy (non-hydrogen) atoms. The maximum absolute atomic E-state index is 13.1. The number of carbonyl (C=O) groups excluding carboxylic acids is 2. The number of alkyl carbamates (subject to hydrolysis) is 1. The second-order valence-electron chi connectivity index (χ2n) is 4.66. The van der Waals surface area contributed by atoms with Crippen LogP contribution in [-0.2, 0) is 18.8 Å². The lowest BCUT2D eigenvalue weighted by atomic mass is 10.2. The van der Waals surface area contributed by atoms with Gasteiger partial charge in [0.25, 0.3) is 0 Å². The van der Waals surface area contributed by atoms with Crippen LogP contribution in [0.5, 0.6) is 0 Å². The zero-order chi connectivity index (χ0) is 15.9. The molecular formula is C11H21FNO6P. The highest BCUT2D eigenvalue weighted by molar-refractivity contribution is 7.57. The Bertz CT molecular complexity index is 383. The van der Waals surface area contributed by atoms with E-state index in [-0.39, 0.29) is 18.9 Å². The van der Waals surface area contributed by atoms with Crippen molar-refractivity contribution in [3.63, 3.8) is 0 Å². The quantitative estimate of drug-likeness (QED) is 0.422. The molecule has 3 atom stereocenters. The summed E-state index contributed by atoms with van der Waals surface area (Å²) >= 11 is 0. The minimum atomic E-state index is -3.80. The van der Waals surface area contributed by atoms with Crippen molar-refractivity contribution in [3.8, 4) is 0 Å². The monoisotopic (exact) mass is 313 g/mol. The Balaban J connectivity index is 3.95. The van der Waals surface area contributed by atoms with Gasteiger partial charge >= 0.3 is 12.1 Å². The van der Waals surface area contributed by atoms with Gasteiger partial charge in [-0.2, -0.15) is 0 Å². The van der Waals surface area contributed by atoms with Crippen LogP contribution in [0.3, 0.4) is 0 Å². The first kappa shape index (κ1) is 18.9. The molecule has 0 aromatic heterocycles. The van der Waals surface area contributed by atoms with E-state index in [9.17, 15) is 18.5 Å². The maximum Gasteiger partial charge on any atom is 0.410 e. The van der Waals surface area contributed by atoms with Crippen molar-refractivity contribution in [2.24, 2.45) is 5.92 Å². The first-order valence-corrected chi connectivity index (χ1v) is 8.30. The lowest BCUT2D eigenvalue weighted by Crippen LogP contribution is -2.32. The Labute approximate surface area is 117 Å². The molecule has 0 aliphatic carbocycles. The van der Waals surface area contributed by atoms with Gasteiger partial charge in [-0.25, -0.2) is 9.18 Å². The van der Waals surface area contributed by atoms with E-state index >= 15 is 0 Å². The lowest BCUT2D eigenvalue weighted by molar-refractivity contribution is -0.168. The van der Waals surface area contributed by atoms with Crippen molar-refractivity contribution in [3.05, 3.63) is 0 Å². The summed E-state index contributed by atoms with van der Waals surface area (Å²) in [7, 11) is -3.80. The zero-order valence-corrected chi connectivity index (χ0v) is 12.9. The van der Waals surface area contributed by atoms with Gasteiger partial charge in [-0.3, -0.25) is 9.36 Å². The number of esters is 1. The third kappa shape index (κ3) is 8.12. The highest BCUT2D eigenvalue weighted by atomic mass is 31.2. The molecule has 1 amide bonds. The first-order valence-electron chi connectivity index (χ1n) is 6.13. The second kappa shape index (κ2) is 8.21. The van der Waals surface area contributed by atoms with Gasteiger partial charge < -0.3 is 19.7 Å². The van der Waals surface area contributed by atoms with Crippen LogP contribution in [0.2, 0.25) is 0 Å². The molecule has 0 fully saturated rings. The average Bonchev–Trinajstić information content (AvgIpc) is 2.26. The molecule has 7 nitrogen and oxygen atoms in total. The molecule has 118 valence electrons. The van der Waals surface area contributed by atoms with E-state index in [1.54, 1.807) is 13.8 Å². The molecule has 0 radical (unpaired) electrons. The summed E-state index contributed by atoms with van der Waals surface area (Å²) in [5.41, 5.74) is 0. The molecular weight excluding hydrogens is 292 g/mol. The molecule has 0 aliphatic rings. The van der Waals surface area contributed by atoms with Crippen molar-refractivity contribution >= 4 is 19.4 Å². The fraction of sp³-hybridized carbons (Fsp3) is 0.818. The third-order valence-electron chi connectivity index (χ3n) is 2.20. The van der Waals surface area contributed by atoms with Gasteiger partial charge in [0.2, 0.25) is 13.7 Å². The molecule has 0 aliphatic heterocycles. The molecule has 9 heteroatoms. The Morgan fingerprint density at radius 2 is 1.85 bits per heavy atom. The highest BCUT2D eigenvalue weighted by Gasteiger charge is 2.25. The number of carbonyl (C=O) groups is 2. The van der Waals surface area contributed by atoms with E-state index in [1.807, 2.05) is 0 Å². The Morgan fingerprint density at radius 3 is 2.30 bits per heavy atom. The molecule has 0 bridgehead atoms. The van der Waals surface area contributed by atoms with E-state index in [0.717, 1.165) is 6.66 Å². The molecule has 0 saturated carbocycles. The lowest BCUT2D eigenvalue weighted by Gasteiger charge is -2.16. The summed E-state index contributed by atoms with van der Waals surface area (Å²) in [5, 5.41) is 2.19. The number of hydrogen-bond donors (Lipinski definition) is 2. The average molecular weight is 313 g/mol. The standard InChI is InChI=1S/C11H21FNO6P/c1-7(2)10(14)18-8(3)19-11(15)13-6-5-9(12)20(4,16)17/h7-9H,5-6H2,1-4H3,(H,13,15)(H,16,17). The summed E-state index contributed by atoms with van der Waals surface area (Å²) in [6.45, 7) is 5.38.